The first kappa shape index (κ1) is 21.8. The first-order valence-corrected chi connectivity index (χ1v) is 12.7. The van der Waals surface area contributed by atoms with Crippen molar-refractivity contribution in [3.8, 4) is 11.5 Å². The number of furan rings is 1. The van der Waals surface area contributed by atoms with Gasteiger partial charge in [0.1, 0.15) is 6.10 Å². The van der Waals surface area contributed by atoms with Crippen LogP contribution in [0.2, 0.25) is 0 Å². The van der Waals surface area contributed by atoms with Gasteiger partial charge < -0.3 is 24.5 Å². The van der Waals surface area contributed by atoms with Crippen LogP contribution in [-0.4, -0.2) is 47.7 Å². The van der Waals surface area contributed by atoms with E-state index in [0.717, 1.165) is 43.7 Å². The normalized spacial score (nSPS) is 31.4. The molecule has 2 aromatic rings. The van der Waals surface area contributed by atoms with Crippen LogP contribution in [0.15, 0.2) is 41.2 Å². The number of likely N-dealkylation sites (N-methyl/N-ethyl adjacent to an activating group) is 1. The molecule has 1 aromatic carbocycles. The highest BCUT2D eigenvalue weighted by molar-refractivity contribution is 5.91. The number of phenolic OH excluding ortho intramolecular Hbond substituents is 1. The largest absolute Gasteiger partial charge is 0.504 e. The van der Waals surface area contributed by atoms with E-state index in [9.17, 15) is 9.90 Å². The molecular weight excluding hydrogens is 428 g/mol. The van der Waals surface area contributed by atoms with Crippen molar-refractivity contribution in [1.82, 2.24) is 10.2 Å². The molecule has 2 saturated carbocycles. The summed E-state index contributed by atoms with van der Waals surface area (Å²) in [6.45, 7) is 3.34. The number of benzene rings is 1. The lowest BCUT2D eigenvalue weighted by Crippen LogP contribution is -2.65. The van der Waals surface area contributed by atoms with Crippen molar-refractivity contribution in [1.29, 1.82) is 0 Å². The Morgan fingerprint density at radius 1 is 1.26 bits per heavy atom. The average molecular weight is 463 g/mol. The molecule has 2 fully saturated rings. The first-order chi connectivity index (χ1) is 16.5. The van der Waals surface area contributed by atoms with Gasteiger partial charge in [0, 0.05) is 35.7 Å². The minimum atomic E-state index is -0.200. The molecule has 34 heavy (non-hydrogen) atoms. The maximum absolute atomic E-state index is 13.2. The first-order valence-electron chi connectivity index (χ1n) is 12.7. The maximum atomic E-state index is 13.2. The third-order valence-electron chi connectivity index (χ3n) is 8.91. The number of rotatable bonds is 7. The zero-order chi connectivity index (χ0) is 23.4. The van der Waals surface area contributed by atoms with E-state index in [1.807, 2.05) is 18.0 Å². The number of amides is 1. The Morgan fingerprint density at radius 3 is 2.85 bits per heavy atom. The summed E-state index contributed by atoms with van der Waals surface area (Å²) in [5.41, 5.74) is 3.16. The zero-order valence-electron chi connectivity index (χ0n) is 20.0. The topological polar surface area (TPSA) is 74.9 Å². The fourth-order valence-electron chi connectivity index (χ4n) is 7.01. The summed E-state index contributed by atoms with van der Waals surface area (Å²) in [6, 6.07) is 6.05. The lowest BCUT2D eigenvalue weighted by Gasteiger charge is -2.54. The van der Waals surface area contributed by atoms with Crippen molar-refractivity contribution in [2.24, 2.45) is 11.8 Å². The van der Waals surface area contributed by atoms with Gasteiger partial charge in [0.2, 0.25) is 5.91 Å². The lowest BCUT2D eigenvalue weighted by molar-refractivity contribution is -0.132. The standard InChI is InChI=1S/C28H34N2O4/c1-3-28-20-8-9-22(30(2)24(32)11-6-18-12-13-33-16-18)27(28)34-26-23(31)10-7-19(25(26)28)14-21(20)29-15-17-4-5-17/h6-7,10-13,16-17,20-22,27,29,31H,3-5,8-9,14-15H2,1-2H3/b11-6+/t20?,21?,22-,27?,28+/m0/s1. The number of phenols is 1. The van der Waals surface area contributed by atoms with Crippen molar-refractivity contribution in [2.45, 2.75) is 69.1 Å². The van der Waals surface area contributed by atoms with Gasteiger partial charge in [0.15, 0.2) is 11.5 Å². The van der Waals surface area contributed by atoms with Crippen molar-refractivity contribution < 1.29 is 19.1 Å². The smallest absolute Gasteiger partial charge is 0.246 e. The van der Waals surface area contributed by atoms with Crippen LogP contribution < -0.4 is 10.1 Å². The van der Waals surface area contributed by atoms with Crippen LogP contribution in [0.3, 0.4) is 0 Å². The van der Waals surface area contributed by atoms with Crippen LogP contribution in [-0.2, 0) is 16.6 Å². The van der Waals surface area contributed by atoms with Crippen molar-refractivity contribution in [3.05, 3.63) is 53.5 Å². The van der Waals surface area contributed by atoms with E-state index < -0.39 is 0 Å². The van der Waals surface area contributed by atoms with Gasteiger partial charge in [-0.05, 0) is 80.7 Å². The molecule has 1 amide bonds. The van der Waals surface area contributed by atoms with E-state index in [4.69, 9.17) is 9.15 Å². The Hall–Kier alpha value is -2.73. The van der Waals surface area contributed by atoms with Crippen LogP contribution >= 0.6 is 0 Å². The number of hydrogen-bond donors (Lipinski definition) is 2. The molecule has 5 atom stereocenters. The van der Waals surface area contributed by atoms with E-state index in [1.165, 1.54) is 24.0 Å². The van der Waals surface area contributed by atoms with Gasteiger partial charge in [-0.1, -0.05) is 13.0 Å². The second-order valence-electron chi connectivity index (χ2n) is 10.6. The van der Waals surface area contributed by atoms with E-state index in [1.54, 1.807) is 30.7 Å². The second-order valence-corrected chi connectivity index (χ2v) is 10.6. The maximum Gasteiger partial charge on any atom is 0.246 e. The van der Waals surface area contributed by atoms with Gasteiger partial charge in [-0.3, -0.25) is 4.79 Å². The van der Waals surface area contributed by atoms with Gasteiger partial charge >= 0.3 is 0 Å². The van der Waals surface area contributed by atoms with E-state index in [2.05, 4.69) is 18.3 Å². The molecule has 3 unspecified atom stereocenters. The van der Waals surface area contributed by atoms with Gasteiger partial charge in [0.25, 0.3) is 0 Å². The monoisotopic (exact) mass is 462 g/mol. The fourth-order valence-corrected chi connectivity index (χ4v) is 7.01. The van der Waals surface area contributed by atoms with Gasteiger partial charge in [-0.15, -0.1) is 0 Å². The van der Waals surface area contributed by atoms with Crippen LogP contribution in [0.1, 0.15) is 55.7 Å². The Morgan fingerprint density at radius 2 is 2.12 bits per heavy atom. The molecule has 2 heterocycles. The van der Waals surface area contributed by atoms with Crippen molar-refractivity contribution in [2.75, 3.05) is 13.6 Å². The molecule has 3 aliphatic carbocycles. The summed E-state index contributed by atoms with van der Waals surface area (Å²) in [5.74, 6) is 2.08. The Labute approximate surface area is 201 Å². The highest BCUT2D eigenvalue weighted by Crippen LogP contribution is 2.62. The number of nitrogens with one attached hydrogen (secondary N) is 1. The predicted octanol–water partition coefficient (Wildman–Crippen LogP) is 4.27. The van der Waals surface area contributed by atoms with Crippen molar-refractivity contribution >= 4 is 12.0 Å². The number of ether oxygens (including phenoxy) is 1. The highest BCUT2D eigenvalue weighted by atomic mass is 16.5. The van der Waals surface area contributed by atoms with Gasteiger partial charge in [-0.2, -0.15) is 0 Å². The molecule has 6 nitrogen and oxygen atoms in total. The third-order valence-corrected chi connectivity index (χ3v) is 8.91. The molecule has 0 bridgehead atoms. The minimum absolute atomic E-state index is 0.0425. The average Bonchev–Trinajstić information content (AvgIpc) is 3.39. The number of carbonyl (C=O) groups is 1. The molecule has 0 radical (unpaired) electrons. The van der Waals surface area contributed by atoms with Gasteiger partial charge in [-0.25, -0.2) is 0 Å². The lowest BCUT2D eigenvalue weighted by atomic mass is 9.53. The summed E-state index contributed by atoms with van der Waals surface area (Å²) >= 11 is 0. The zero-order valence-corrected chi connectivity index (χ0v) is 20.0. The fraction of sp³-hybridized carbons (Fsp3) is 0.536. The summed E-state index contributed by atoms with van der Waals surface area (Å²) in [7, 11) is 1.88. The third kappa shape index (κ3) is 3.29. The van der Waals surface area contributed by atoms with Crippen LogP contribution in [0.4, 0.5) is 0 Å². The van der Waals surface area contributed by atoms with E-state index >= 15 is 0 Å². The number of hydrogen-bond acceptors (Lipinski definition) is 5. The second kappa shape index (κ2) is 8.19. The van der Waals surface area contributed by atoms with Crippen molar-refractivity contribution in [3.63, 3.8) is 0 Å². The van der Waals surface area contributed by atoms with E-state index in [0.29, 0.717) is 17.7 Å². The molecule has 180 valence electrons. The number of nitrogens with zero attached hydrogens (tertiary/aromatic N) is 1. The quantitative estimate of drug-likeness (QED) is 0.601. The molecule has 0 saturated heterocycles. The molecule has 6 rings (SSSR count). The number of carbonyl (C=O) groups excluding carboxylic acids is 1. The Bertz CT molecular complexity index is 1110. The van der Waals surface area contributed by atoms with Crippen LogP contribution in [0.25, 0.3) is 6.08 Å². The van der Waals surface area contributed by atoms with Crippen LogP contribution in [0.5, 0.6) is 11.5 Å². The minimum Gasteiger partial charge on any atom is -0.504 e. The SMILES string of the molecule is CC[C@@]12c3c4ccc(O)c3OC1[C@@H](N(C)C(=O)/C=C/c1ccoc1)CCC2C(NCC1CC1)C4. The summed E-state index contributed by atoms with van der Waals surface area (Å²) < 4.78 is 11.7. The predicted molar refractivity (Wildman–Crippen MR) is 130 cm³/mol. The summed E-state index contributed by atoms with van der Waals surface area (Å²) in [4.78, 5) is 15.0. The molecular formula is C28H34N2O4. The molecule has 1 aromatic heterocycles. The highest BCUT2D eigenvalue weighted by Gasteiger charge is 2.63. The summed E-state index contributed by atoms with van der Waals surface area (Å²) in [6.07, 6.45) is 13.0. The molecule has 2 N–H and O–H groups in total. The molecule has 0 spiro atoms. The Balaban J connectivity index is 1.34. The Kier molecular flexibility index (Phi) is 5.25. The van der Waals surface area contributed by atoms with Gasteiger partial charge in [0.05, 0.1) is 18.6 Å². The molecule has 4 aliphatic rings. The molecule has 6 heteroatoms. The van der Waals surface area contributed by atoms with Crippen LogP contribution in [0, 0.1) is 11.8 Å². The summed E-state index contributed by atoms with van der Waals surface area (Å²) in [5, 5.41) is 14.7. The number of aromatic hydroxyl groups is 1. The molecule has 1 aliphatic heterocycles. The van der Waals surface area contributed by atoms with E-state index in [-0.39, 0.29) is 29.2 Å².